The highest BCUT2D eigenvalue weighted by atomic mass is 16.6. The second-order valence-electron chi connectivity index (χ2n) is 15.6. The van der Waals surface area contributed by atoms with Gasteiger partial charge in [-0.3, -0.25) is 14.6 Å². The maximum absolute atomic E-state index is 13.9. The van der Waals surface area contributed by atoms with Crippen LogP contribution in [0.25, 0.3) is 28.0 Å². The molecule has 57 heavy (non-hydrogen) atoms. The molecule has 3 N–H and O–H groups in total. The molecule has 3 atom stereocenters. The van der Waals surface area contributed by atoms with E-state index >= 15 is 0 Å². The monoisotopic (exact) mass is 771 g/mol. The van der Waals surface area contributed by atoms with Crippen LogP contribution in [0.1, 0.15) is 81.9 Å². The van der Waals surface area contributed by atoms with Gasteiger partial charge in [0.2, 0.25) is 11.8 Å². The van der Waals surface area contributed by atoms with Gasteiger partial charge in [-0.05, 0) is 79.8 Å². The molecule has 0 saturated carbocycles. The molecule has 13 nitrogen and oxygen atoms in total. The summed E-state index contributed by atoms with van der Waals surface area (Å²) in [7, 11) is 1.29. The zero-order chi connectivity index (χ0) is 40.1. The number of methoxy groups -OCH3 is 1. The van der Waals surface area contributed by atoms with Crippen molar-refractivity contribution in [2.24, 2.45) is 4.99 Å². The molecule has 4 amide bonds. The van der Waals surface area contributed by atoms with Gasteiger partial charge in [-0.25, -0.2) is 14.6 Å². The Bertz CT molecular complexity index is 2150. The average molecular weight is 772 g/mol. The minimum Gasteiger partial charge on any atom is -0.453 e. The number of aromatic amines is 1. The van der Waals surface area contributed by atoms with E-state index in [0.717, 1.165) is 70.7 Å². The summed E-state index contributed by atoms with van der Waals surface area (Å²) in [6, 6.07) is 24.7. The van der Waals surface area contributed by atoms with E-state index in [4.69, 9.17) is 14.5 Å². The molecule has 0 aliphatic carbocycles. The number of amides is 4. The van der Waals surface area contributed by atoms with Crippen molar-refractivity contribution in [2.45, 2.75) is 76.6 Å². The van der Waals surface area contributed by atoms with E-state index in [1.807, 2.05) is 41.4 Å². The lowest BCUT2D eigenvalue weighted by Gasteiger charge is -2.29. The first-order chi connectivity index (χ1) is 27.5. The topological polar surface area (TPSA) is 158 Å². The highest BCUT2D eigenvalue weighted by molar-refractivity contribution is 6.04. The average Bonchev–Trinajstić information content (AvgIpc) is 4.06. The molecular weight excluding hydrogens is 723 g/mol. The molecule has 2 saturated heterocycles. The smallest absolute Gasteiger partial charge is 0.408 e. The van der Waals surface area contributed by atoms with Crippen LogP contribution in [-0.2, 0) is 19.1 Å². The fraction of sp³-hybridized carbons (Fsp3) is 0.364. The summed E-state index contributed by atoms with van der Waals surface area (Å²) >= 11 is 0. The Labute approximate surface area is 332 Å². The van der Waals surface area contributed by atoms with E-state index in [9.17, 15) is 19.2 Å². The molecule has 296 valence electrons. The van der Waals surface area contributed by atoms with Crippen molar-refractivity contribution in [1.29, 1.82) is 0 Å². The first-order valence-corrected chi connectivity index (χ1v) is 19.5. The van der Waals surface area contributed by atoms with Crippen molar-refractivity contribution in [3.63, 3.8) is 0 Å². The minimum absolute atomic E-state index is 0.135. The molecule has 4 heterocycles. The van der Waals surface area contributed by atoms with Crippen LogP contribution in [0.4, 0.5) is 9.59 Å². The lowest BCUT2D eigenvalue weighted by molar-refractivity contribution is -0.133. The van der Waals surface area contributed by atoms with Gasteiger partial charge in [-0.15, -0.1) is 0 Å². The van der Waals surface area contributed by atoms with E-state index in [-0.39, 0.29) is 30.4 Å². The predicted octanol–water partition coefficient (Wildman–Crippen LogP) is 7.21. The van der Waals surface area contributed by atoms with Crippen LogP contribution in [0.15, 0.2) is 96.3 Å². The highest BCUT2D eigenvalue weighted by Gasteiger charge is 2.38. The molecular formula is C44H49N7O6. The fourth-order valence-corrected chi connectivity index (χ4v) is 7.77. The third-order valence-electron chi connectivity index (χ3n) is 10.6. The van der Waals surface area contributed by atoms with Crippen LogP contribution in [0, 0.1) is 0 Å². The zero-order valence-corrected chi connectivity index (χ0v) is 32.8. The summed E-state index contributed by atoms with van der Waals surface area (Å²) in [5, 5.41) is 5.30. The molecule has 7 rings (SSSR count). The Hall–Kier alpha value is -6.24. The number of hydrogen-bond donors (Lipinski definition) is 3. The van der Waals surface area contributed by atoms with Crippen molar-refractivity contribution < 1.29 is 28.7 Å². The number of aromatic nitrogens is 2. The van der Waals surface area contributed by atoms with Gasteiger partial charge in [0.25, 0.3) is 0 Å². The quantitative estimate of drug-likeness (QED) is 0.154. The Balaban J connectivity index is 0.950. The standard InChI is InChI=1S/C44H49N7O6/c1-44(2,3)57-42(54)47-27-38(52)50-22-9-13-37(50)40-46-26-35(48-40)31-20-18-29(19-21-31)28-14-16-30(17-15-28)33-24-34(45-25-33)36-12-8-23-51(36)41(53)39(49-43(55)56-4)32-10-6-5-7-11-32/h5-7,10-11,14-21,25-26,36-37,39H,8-9,12-13,22-24,27H2,1-4H3,(H,46,48)(H,47,54)(H,49,55)/t36-,37-,39+/m0/s1. The molecule has 13 heteroatoms. The Kier molecular flexibility index (Phi) is 11.5. The van der Waals surface area contributed by atoms with Crippen LogP contribution in [0.3, 0.4) is 0 Å². The van der Waals surface area contributed by atoms with Gasteiger partial charge in [0.05, 0.1) is 31.1 Å². The van der Waals surface area contributed by atoms with E-state index in [1.54, 1.807) is 31.9 Å². The first-order valence-electron chi connectivity index (χ1n) is 19.5. The molecule has 3 aromatic carbocycles. The number of rotatable bonds is 10. The van der Waals surface area contributed by atoms with Crippen LogP contribution in [0.5, 0.6) is 0 Å². The molecule has 0 unspecified atom stereocenters. The summed E-state index contributed by atoms with van der Waals surface area (Å²) in [6.45, 7) is 6.39. The molecule has 0 spiro atoms. The number of nitrogens with zero attached hydrogens (tertiary/aromatic N) is 4. The molecule has 0 bridgehead atoms. The number of imidazole rings is 1. The minimum atomic E-state index is -0.852. The third-order valence-corrected chi connectivity index (χ3v) is 10.6. The lowest BCUT2D eigenvalue weighted by atomic mass is 9.96. The zero-order valence-electron chi connectivity index (χ0n) is 32.8. The number of likely N-dealkylation sites (tertiary alicyclic amines) is 2. The Morgan fingerprint density at radius 2 is 1.46 bits per heavy atom. The number of allylic oxidation sites excluding steroid dienone is 1. The number of H-pyrrole nitrogens is 1. The molecule has 0 radical (unpaired) electrons. The van der Waals surface area contributed by atoms with Crippen LogP contribution in [-0.4, -0.2) is 87.9 Å². The predicted molar refractivity (Wildman–Crippen MR) is 217 cm³/mol. The SMILES string of the molecule is COC(=O)N[C@@H](C(=O)N1CCC[C@H]1C1=NC=C(c2ccc(-c3ccc(-c4cnc([C@@H]5CCCN5C(=O)CNC(=O)OC(C)(C)C)[nH]4)cc3)cc2)C1)c1ccccc1. The Morgan fingerprint density at radius 3 is 2.12 bits per heavy atom. The summed E-state index contributed by atoms with van der Waals surface area (Å²) in [5.41, 5.74) is 7.16. The largest absolute Gasteiger partial charge is 0.453 e. The maximum Gasteiger partial charge on any atom is 0.408 e. The van der Waals surface area contributed by atoms with Gasteiger partial charge in [-0.2, -0.15) is 0 Å². The molecule has 1 aromatic heterocycles. The second-order valence-corrected chi connectivity index (χ2v) is 15.6. The number of carbonyl (C=O) groups is 4. The number of nitrogens with one attached hydrogen (secondary N) is 3. The van der Waals surface area contributed by atoms with Crippen LogP contribution >= 0.6 is 0 Å². The molecule has 4 aromatic rings. The number of aliphatic imine (C=N–C) groups is 1. The van der Waals surface area contributed by atoms with E-state index < -0.39 is 23.8 Å². The number of benzene rings is 3. The molecule has 3 aliphatic heterocycles. The van der Waals surface area contributed by atoms with E-state index in [0.29, 0.717) is 25.1 Å². The summed E-state index contributed by atoms with van der Waals surface area (Å²) in [6.07, 6.45) is 6.38. The first kappa shape index (κ1) is 39.0. The third kappa shape index (κ3) is 9.09. The van der Waals surface area contributed by atoms with Crippen molar-refractivity contribution in [2.75, 3.05) is 26.7 Å². The van der Waals surface area contributed by atoms with Gasteiger partial charge in [0.15, 0.2) is 0 Å². The molecule has 3 aliphatic rings. The normalized spacial score (nSPS) is 18.5. The van der Waals surface area contributed by atoms with E-state index in [2.05, 4.69) is 69.1 Å². The van der Waals surface area contributed by atoms with Gasteiger partial charge in [0.1, 0.15) is 24.0 Å². The fourth-order valence-electron chi connectivity index (χ4n) is 7.77. The van der Waals surface area contributed by atoms with Crippen molar-refractivity contribution in [1.82, 2.24) is 30.4 Å². The van der Waals surface area contributed by atoms with Gasteiger partial charge in [0, 0.05) is 31.4 Å². The Morgan fingerprint density at radius 1 is 0.825 bits per heavy atom. The number of carbonyl (C=O) groups excluding carboxylic acids is 4. The van der Waals surface area contributed by atoms with Gasteiger partial charge < -0.3 is 34.9 Å². The highest BCUT2D eigenvalue weighted by Crippen LogP contribution is 2.34. The van der Waals surface area contributed by atoms with Crippen LogP contribution < -0.4 is 10.6 Å². The number of alkyl carbamates (subject to hydrolysis) is 2. The second kappa shape index (κ2) is 16.9. The van der Waals surface area contributed by atoms with Crippen molar-refractivity contribution in [3.8, 4) is 22.4 Å². The van der Waals surface area contributed by atoms with E-state index in [1.165, 1.54) is 7.11 Å². The number of ether oxygens (including phenoxy) is 2. The summed E-state index contributed by atoms with van der Waals surface area (Å²) in [4.78, 5) is 67.7. The van der Waals surface area contributed by atoms with Crippen LogP contribution in [0.2, 0.25) is 0 Å². The lowest BCUT2D eigenvalue weighted by Crippen LogP contribution is -2.47. The summed E-state index contributed by atoms with van der Waals surface area (Å²) in [5.74, 6) is 0.372. The van der Waals surface area contributed by atoms with Crippen molar-refractivity contribution in [3.05, 3.63) is 108 Å². The summed E-state index contributed by atoms with van der Waals surface area (Å²) < 4.78 is 10.1. The van der Waals surface area contributed by atoms with Crippen molar-refractivity contribution >= 4 is 35.3 Å². The van der Waals surface area contributed by atoms with Gasteiger partial charge in [-0.1, -0.05) is 78.9 Å². The van der Waals surface area contributed by atoms with Gasteiger partial charge >= 0.3 is 12.2 Å². The molecule has 2 fully saturated rings. The maximum atomic E-state index is 13.9. The number of hydrogen-bond acceptors (Lipinski definition) is 8.